The minimum atomic E-state index is -0.362. The molecule has 1 aromatic carbocycles. The molecule has 276 valence electrons. The number of carbonyl (C=O) groups excluding carboxylic acids is 1. The number of urea groups is 1. The zero-order chi connectivity index (χ0) is 36.1. The Morgan fingerprint density at radius 3 is 2.58 bits per heavy atom. The van der Waals surface area contributed by atoms with Crippen LogP contribution in [0.2, 0.25) is 0 Å². The van der Waals surface area contributed by atoms with E-state index in [4.69, 9.17) is 20.2 Å². The van der Waals surface area contributed by atoms with E-state index >= 15 is 0 Å². The van der Waals surface area contributed by atoms with Crippen LogP contribution in [0, 0.1) is 5.41 Å². The Morgan fingerprint density at radius 1 is 1.00 bits per heavy atom. The number of hydrogen-bond donors (Lipinski definition) is 3. The number of fused-ring (bicyclic) bond motifs is 2. The highest BCUT2D eigenvalue weighted by Crippen LogP contribution is 2.39. The number of hydrogen-bond acceptors (Lipinski definition) is 10. The molecule has 0 radical (unpaired) electrons. The summed E-state index contributed by atoms with van der Waals surface area (Å²) in [6, 6.07) is 11.5. The van der Waals surface area contributed by atoms with Gasteiger partial charge in [0.05, 0.1) is 44.4 Å². The number of nitrogens with two attached hydrogens (primary N) is 1. The number of morpholine rings is 1. The van der Waals surface area contributed by atoms with Crippen molar-refractivity contribution in [2.24, 2.45) is 16.1 Å². The van der Waals surface area contributed by atoms with E-state index in [1.807, 2.05) is 66.5 Å². The molecular formula is C38H51N11O3. The van der Waals surface area contributed by atoms with E-state index in [1.165, 1.54) is 6.42 Å². The maximum Gasteiger partial charge on any atom is 0.320 e. The van der Waals surface area contributed by atoms with Crippen LogP contribution in [0.5, 0.6) is 5.75 Å². The highest BCUT2D eigenvalue weighted by Gasteiger charge is 2.30. The van der Waals surface area contributed by atoms with Crippen molar-refractivity contribution in [2.45, 2.75) is 71.6 Å². The van der Waals surface area contributed by atoms with Crippen molar-refractivity contribution in [3.8, 4) is 5.75 Å². The summed E-state index contributed by atoms with van der Waals surface area (Å²) >= 11 is 0. The number of pyridine rings is 1. The second-order valence-electron chi connectivity index (χ2n) is 14.9. The Morgan fingerprint density at radius 2 is 1.79 bits per heavy atom. The van der Waals surface area contributed by atoms with Crippen LogP contribution in [-0.2, 0) is 11.3 Å². The van der Waals surface area contributed by atoms with E-state index in [0.29, 0.717) is 23.6 Å². The van der Waals surface area contributed by atoms with Gasteiger partial charge in [-0.25, -0.2) is 9.79 Å². The van der Waals surface area contributed by atoms with E-state index in [2.05, 4.69) is 47.9 Å². The predicted octanol–water partition coefficient (Wildman–Crippen LogP) is 5.12. The van der Waals surface area contributed by atoms with Crippen LogP contribution < -0.4 is 26.0 Å². The van der Waals surface area contributed by atoms with Crippen LogP contribution in [0.4, 0.5) is 16.4 Å². The molecule has 14 nitrogen and oxygen atoms in total. The average molecular weight is 710 g/mol. The second kappa shape index (κ2) is 15.7. The lowest BCUT2D eigenvalue weighted by atomic mass is 9.85. The van der Waals surface area contributed by atoms with Crippen molar-refractivity contribution in [3.05, 3.63) is 77.9 Å². The van der Waals surface area contributed by atoms with E-state index in [1.54, 1.807) is 12.3 Å². The molecule has 2 fully saturated rings. The summed E-state index contributed by atoms with van der Waals surface area (Å²) in [5, 5.41) is 19.5. The summed E-state index contributed by atoms with van der Waals surface area (Å²) in [7, 11) is 0. The fourth-order valence-corrected chi connectivity index (χ4v) is 6.94. The number of anilines is 1. The number of carbonyl (C=O) groups is 1. The quantitative estimate of drug-likeness (QED) is 0.159. The molecular weight excluding hydrogens is 658 g/mol. The monoisotopic (exact) mass is 709 g/mol. The van der Waals surface area contributed by atoms with Crippen LogP contribution in [0.15, 0.2) is 71.8 Å². The van der Waals surface area contributed by atoms with E-state index in [0.717, 1.165) is 100 Å². The van der Waals surface area contributed by atoms with E-state index in [9.17, 15) is 4.79 Å². The molecule has 3 aliphatic rings. The van der Waals surface area contributed by atoms with Crippen molar-refractivity contribution in [3.63, 3.8) is 0 Å². The van der Waals surface area contributed by atoms with Gasteiger partial charge >= 0.3 is 6.03 Å². The normalized spacial score (nSPS) is 20.5. The minimum absolute atomic E-state index is 0.170. The molecule has 2 unspecified atom stereocenters. The number of allylic oxidation sites excluding steroid dienone is 1. The fraction of sp³-hybridized carbons (Fsp3) is 0.500. The van der Waals surface area contributed by atoms with Crippen LogP contribution >= 0.6 is 0 Å². The fourth-order valence-electron chi connectivity index (χ4n) is 6.94. The summed E-state index contributed by atoms with van der Waals surface area (Å²) in [6.45, 7) is 13.0. The number of rotatable bonds is 9. The molecule has 14 heteroatoms. The van der Waals surface area contributed by atoms with E-state index < -0.39 is 0 Å². The number of nitrogens with zero attached hydrogens (tertiary/aromatic N) is 8. The number of aliphatic imine (C=N–C) groups is 1. The highest BCUT2D eigenvalue weighted by atomic mass is 16.5. The Hall–Kier alpha value is -4.95. The molecule has 2 amide bonds. The third-order valence-electron chi connectivity index (χ3n) is 10.0. The molecule has 0 saturated carbocycles. The lowest BCUT2D eigenvalue weighted by molar-refractivity contribution is 0.0360. The Labute approximate surface area is 305 Å². The van der Waals surface area contributed by atoms with Crippen LogP contribution in [-0.4, -0.2) is 87.1 Å². The van der Waals surface area contributed by atoms with Crippen molar-refractivity contribution in [2.75, 3.05) is 50.8 Å². The standard InChI is InChI=1S/C38H51N11O3/c1-38(2,3)33(39)23-34(41-27-24-40-48(25-27)18-17-46-19-21-51-22-20-46)43-36(50)42-31-12-13-32(30-10-6-5-9-29(30)31)52-28-11-14-35-44-45-37(49(35)26-28)47-15-7-4-8-16-47/h5-6,9-11,14,23-26,31-32H,4,7-8,12-13,15-22,39H2,1-3H3,(H2,41,42,43,50). The Kier molecular flexibility index (Phi) is 10.7. The number of nitrogens with one attached hydrogen (secondary N) is 2. The molecule has 2 aliphatic heterocycles. The van der Waals surface area contributed by atoms with Gasteiger partial charge < -0.3 is 25.4 Å². The molecule has 7 rings (SSSR count). The first-order valence-corrected chi connectivity index (χ1v) is 18.5. The lowest BCUT2D eigenvalue weighted by Crippen LogP contribution is -2.42. The van der Waals surface area contributed by atoms with Gasteiger partial charge in [-0.15, -0.1) is 10.2 Å². The number of aromatic nitrogens is 5. The third-order valence-corrected chi connectivity index (χ3v) is 10.0. The van der Waals surface area contributed by atoms with Crippen LogP contribution in [0.3, 0.4) is 0 Å². The topological polar surface area (TPSA) is 152 Å². The maximum absolute atomic E-state index is 13.6. The smallest absolute Gasteiger partial charge is 0.320 e. The number of amidine groups is 1. The van der Waals surface area contributed by atoms with Gasteiger partial charge in [0, 0.05) is 49.9 Å². The lowest BCUT2D eigenvalue weighted by Gasteiger charge is -2.32. The third kappa shape index (κ3) is 8.56. The largest absolute Gasteiger partial charge is 0.484 e. The summed E-state index contributed by atoms with van der Waals surface area (Å²) in [4.78, 5) is 23.0. The van der Waals surface area contributed by atoms with Gasteiger partial charge in [-0.05, 0) is 55.4 Å². The molecule has 4 N–H and O–H groups in total. The highest BCUT2D eigenvalue weighted by molar-refractivity contribution is 6.05. The average Bonchev–Trinajstić information content (AvgIpc) is 3.78. The molecule has 0 spiro atoms. The molecule has 1 aliphatic carbocycles. The SMILES string of the molecule is CC(C)(C)C(N)=CC(=Nc1cnn(CCN2CCOCC2)c1)NC(=O)NC1CCC(Oc2ccc3nnc(N4CCCCC4)n3c2)c2ccccc21. The first-order chi connectivity index (χ1) is 25.2. The number of piperidine rings is 1. The van der Waals surface area contributed by atoms with Crippen molar-refractivity contribution in [1.29, 1.82) is 0 Å². The van der Waals surface area contributed by atoms with Gasteiger partial charge in [-0.3, -0.25) is 19.3 Å². The van der Waals surface area contributed by atoms with Crippen molar-refractivity contribution >= 4 is 29.1 Å². The summed E-state index contributed by atoms with van der Waals surface area (Å²) in [5.74, 6) is 1.96. The zero-order valence-electron chi connectivity index (χ0n) is 30.5. The summed E-state index contributed by atoms with van der Waals surface area (Å²) < 4.78 is 16.0. The minimum Gasteiger partial charge on any atom is -0.484 e. The maximum atomic E-state index is 13.6. The number of benzene rings is 1. The zero-order valence-corrected chi connectivity index (χ0v) is 30.5. The number of amides is 2. The summed E-state index contributed by atoms with van der Waals surface area (Å²) in [6.07, 6.45) is 12.1. The Bertz CT molecular complexity index is 1900. The molecule has 5 heterocycles. The second-order valence-corrected chi connectivity index (χ2v) is 14.9. The van der Waals surface area contributed by atoms with Crippen molar-refractivity contribution < 1.29 is 14.3 Å². The first kappa shape index (κ1) is 35.5. The Balaban J connectivity index is 1.04. The van der Waals surface area contributed by atoms with Gasteiger partial charge in [0.1, 0.15) is 23.4 Å². The van der Waals surface area contributed by atoms with Gasteiger partial charge in [0.25, 0.3) is 0 Å². The predicted molar refractivity (Wildman–Crippen MR) is 201 cm³/mol. The van der Waals surface area contributed by atoms with E-state index in [-0.39, 0.29) is 23.6 Å². The summed E-state index contributed by atoms with van der Waals surface area (Å²) in [5.41, 5.74) is 10.3. The van der Waals surface area contributed by atoms with Crippen LogP contribution in [0.25, 0.3) is 5.65 Å². The molecule has 2 saturated heterocycles. The van der Waals surface area contributed by atoms with Gasteiger partial charge in [0.15, 0.2) is 5.65 Å². The van der Waals surface area contributed by atoms with Gasteiger partial charge in [0.2, 0.25) is 5.95 Å². The van der Waals surface area contributed by atoms with Gasteiger partial charge in [-0.1, -0.05) is 45.0 Å². The molecule has 2 atom stereocenters. The molecule has 52 heavy (non-hydrogen) atoms. The van der Waals surface area contributed by atoms with Gasteiger partial charge in [-0.2, -0.15) is 5.10 Å². The molecule has 3 aromatic heterocycles. The van der Waals surface area contributed by atoms with Crippen molar-refractivity contribution in [1.82, 2.24) is 39.9 Å². The first-order valence-electron chi connectivity index (χ1n) is 18.5. The number of ether oxygens (including phenoxy) is 2. The molecule has 0 bridgehead atoms. The molecule has 4 aromatic rings. The van der Waals surface area contributed by atoms with Crippen LogP contribution in [0.1, 0.15) is 76.1 Å².